The first-order valence-corrected chi connectivity index (χ1v) is 5.72. The van der Waals surface area contributed by atoms with Crippen LogP contribution in [0, 0.1) is 27.7 Å². The maximum Gasteiger partial charge on any atom is 3.00 e. The van der Waals surface area contributed by atoms with Crippen LogP contribution in [0.5, 0.6) is 0 Å². The Morgan fingerprint density at radius 1 is 0.889 bits per heavy atom. The number of rotatable bonds is 1. The van der Waals surface area contributed by atoms with E-state index in [1.54, 1.807) is 0 Å². The quantitative estimate of drug-likeness (QED) is 0.535. The van der Waals surface area contributed by atoms with Crippen molar-refractivity contribution >= 4 is 10.8 Å². The average Bonchev–Trinajstić information content (AvgIpc) is 2.67. The fourth-order valence-electron chi connectivity index (χ4n) is 2.36. The van der Waals surface area contributed by atoms with Gasteiger partial charge in [0.1, 0.15) is 0 Å². The average molecular weight is 361 g/mol. The molecule has 0 N–H and O–H groups in total. The third-order valence-corrected chi connectivity index (χ3v) is 3.85. The van der Waals surface area contributed by atoms with Crippen LogP contribution in [0.3, 0.4) is 0 Å². The molecule has 0 saturated heterocycles. The molecule has 3 heteroatoms. The number of hydrogen-bond donors (Lipinski definition) is 0. The number of aryl methyl sites for hydroxylation is 3. The fourth-order valence-corrected chi connectivity index (χ4v) is 2.36. The van der Waals surface area contributed by atoms with Crippen molar-refractivity contribution in [3.8, 4) is 0 Å². The van der Waals surface area contributed by atoms with Crippen molar-refractivity contribution < 1.29 is 51.0 Å². The van der Waals surface area contributed by atoms with Crippen LogP contribution in [-0.4, -0.2) is 0 Å². The van der Waals surface area contributed by atoms with Gasteiger partial charge in [0.05, 0.1) is 0 Å². The molecule has 0 bridgehead atoms. The molecular formula is C15H19Cl2Zr. The first-order chi connectivity index (χ1) is 7.06. The third-order valence-electron chi connectivity index (χ3n) is 3.85. The number of halogens is 2. The Hall–Kier alpha value is 0.293. The molecule has 0 aromatic heterocycles. The molecule has 0 aliphatic rings. The van der Waals surface area contributed by atoms with E-state index < -0.39 is 0 Å². The second-order valence-electron chi connectivity index (χ2n) is 4.54. The van der Waals surface area contributed by atoms with E-state index in [4.69, 9.17) is 0 Å². The number of fused-ring (bicyclic) bond motifs is 1. The summed E-state index contributed by atoms with van der Waals surface area (Å²) in [6.45, 7) is 11.2. The Bertz CT molecular complexity index is 482. The minimum Gasteiger partial charge on any atom is -1.00 e. The second-order valence-corrected chi connectivity index (χ2v) is 4.54. The van der Waals surface area contributed by atoms with E-state index in [1.165, 1.54) is 38.6 Å². The van der Waals surface area contributed by atoms with Crippen molar-refractivity contribution in [1.82, 2.24) is 0 Å². The minimum atomic E-state index is 0. The first-order valence-electron chi connectivity index (χ1n) is 5.72. The molecule has 0 saturated carbocycles. The Morgan fingerprint density at radius 2 is 1.39 bits per heavy atom. The normalized spacial score (nSPS) is 9.39. The van der Waals surface area contributed by atoms with E-state index in [9.17, 15) is 0 Å². The standard InChI is InChI=1S/C15H19.2ClH.Zr/c1-6-13-7-14-11(4)9(2)10(3)12(5)15(14)8-13;;;/h7-8H,6H2,1-5H3;2*1H;/q-1;;;+3/p-2. The van der Waals surface area contributed by atoms with Crippen molar-refractivity contribution in [3.05, 3.63) is 39.9 Å². The zero-order chi connectivity index (χ0) is 11.2. The molecule has 97 valence electrons. The molecule has 0 fully saturated rings. The van der Waals surface area contributed by atoms with Crippen molar-refractivity contribution in [2.75, 3.05) is 0 Å². The zero-order valence-corrected chi connectivity index (χ0v) is 15.6. The van der Waals surface area contributed by atoms with Crippen LogP contribution in [0.25, 0.3) is 10.8 Å². The predicted molar refractivity (Wildman–Crippen MR) is 67.9 cm³/mol. The monoisotopic (exact) mass is 359 g/mol. The number of hydrogen-bond acceptors (Lipinski definition) is 0. The molecule has 2 rings (SSSR count). The molecule has 2 aromatic carbocycles. The summed E-state index contributed by atoms with van der Waals surface area (Å²) in [5.74, 6) is 0. The van der Waals surface area contributed by atoms with Crippen molar-refractivity contribution in [2.45, 2.75) is 41.0 Å². The zero-order valence-electron chi connectivity index (χ0n) is 11.6. The van der Waals surface area contributed by atoms with Gasteiger partial charge in [-0.1, -0.05) is 30.5 Å². The Morgan fingerprint density at radius 3 is 1.89 bits per heavy atom. The van der Waals surface area contributed by atoms with Crippen molar-refractivity contribution in [2.24, 2.45) is 0 Å². The van der Waals surface area contributed by atoms with E-state index in [2.05, 4.69) is 46.8 Å². The molecule has 0 heterocycles. The van der Waals surface area contributed by atoms with Crippen LogP contribution < -0.4 is 24.8 Å². The minimum absolute atomic E-state index is 0. The van der Waals surface area contributed by atoms with Gasteiger partial charge in [-0.2, -0.15) is 6.07 Å². The van der Waals surface area contributed by atoms with Crippen LogP contribution >= 0.6 is 0 Å². The molecule has 0 spiro atoms. The Labute approximate surface area is 142 Å². The van der Waals surface area contributed by atoms with Gasteiger partial charge in [-0.15, -0.1) is 28.0 Å². The van der Waals surface area contributed by atoms with E-state index in [0.717, 1.165) is 6.42 Å². The molecule has 0 unspecified atom stereocenters. The fraction of sp³-hybridized carbons (Fsp3) is 0.400. The molecule has 0 aliphatic heterocycles. The van der Waals surface area contributed by atoms with Crippen molar-refractivity contribution in [1.29, 1.82) is 0 Å². The summed E-state index contributed by atoms with van der Waals surface area (Å²) >= 11 is 0. The SMILES string of the molecule is CCc1cc2c(C)c(C)c(C)c(C)c2[cH-]1.[Cl-].[Cl-].[Zr+3]. The van der Waals surface area contributed by atoms with Crippen LogP contribution in [0.2, 0.25) is 0 Å². The molecule has 0 amide bonds. The van der Waals surface area contributed by atoms with Crippen LogP contribution in [0.15, 0.2) is 12.1 Å². The molecule has 0 atom stereocenters. The van der Waals surface area contributed by atoms with Crippen LogP contribution in [0.1, 0.15) is 34.7 Å². The van der Waals surface area contributed by atoms with Gasteiger partial charge < -0.3 is 24.8 Å². The first kappa shape index (κ1) is 20.6. The van der Waals surface area contributed by atoms with Crippen LogP contribution in [0.4, 0.5) is 0 Å². The maximum absolute atomic E-state index is 2.35. The van der Waals surface area contributed by atoms with Gasteiger partial charge in [0.25, 0.3) is 0 Å². The van der Waals surface area contributed by atoms with Crippen molar-refractivity contribution in [3.63, 3.8) is 0 Å². The van der Waals surface area contributed by atoms with Gasteiger partial charge in [-0.3, -0.25) is 0 Å². The molecule has 2 aromatic rings. The van der Waals surface area contributed by atoms with E-state index >= 15 is 0 Å². The summed E-state index contributed by atoms with van der Waals surface area (Å²) in [5, 5.41) is 2.90. The molecule has 0 aliphatic carbocycles. The smallest absolute Gasteiger partial charge is 1.00 e. The van der Waals surface area contributed by atoms with Gasteiger partial charge in [0.2, 0.25) is 0 Å². The van der Waals surface area contributed by atoms with Crippen LogP contribution in [-0.2, 0) is 32.6 Å². The molecule has 0 nitrogen and oxygen atoms in total. The van der Waals surface area contributed by atoms with Gasteiger partial charge in [0, 0.05) is 0 Å². The van der Waals surface area contributed by atoms with Gasteiger partial charge in [-0.25, -0.2) is 0 Å². The summed E-state index contributed by atoms with van der Waals surface area (Å²) in [6.07, 6.45) is 1.13. The molecular weight excluding hydrogens is 342 g/mol. The van der Waals surface area contributed by atoms with Gasteiger partial charge >= 0.3 is 26.2 Å². The second kappa shape index (κ2) is 7.78. The third kappa shape index (κ3) is 3.24. The summed E-state index contributed by atoms with van der Waals surface area (Å²) in [4.78, 5) is 0. The Kier molecular flexibility index (Phi) is 8.91. The van der Waals surface area contributed by atoms with Gasteiger partial charge in [-0.05, 0) is 27.2 Å². The summed E-state index contributed by atoms with van der Waals surface area (Å²) < 4.78 is 0. The number of benzene rings is 1. The summed E-state index contributed by atoms with van der Waals surface area (Å²) in [6, 6.07) is 4.70. The van der Waals surface area contributed by atoms with E-state index in [1.807, 2.05) is 0 Å². The topological polar surface area (TPSA) is 0 Å². The summed E-state index contributed by atoms with van der Waals surface area (Å²) in [5.41, 5.74) is 7.27. The molecule has 18 heavy (non-hydrogen) atoms. The van der Waals surface area contributed by atoms with E-state index in [0.29, 0.717) is 0 Å². The van der Waals surface area contributed by atoms with E-state index in [-0.39, 0.29) is 51.0 Å². The van der Waals surface area contributed by atoms with Gasteiger partial charge in [0.15, 0.2) is 0 Å². The Balaban J connectivity index is 0. The summed E-state index contributed by atoms with van der Waals surface area (Å²) in [7, 11) is 0. The largest absolute Gasteiger partial charge is 3.00 e. The molecule has 1 radical (unpaired) electrons. The maximum atomic E-state index is 2.35. The predicted octanol–water partition coefficient (Wildman–Crippen LogP) is -1.64.